The van der Waals surface area contributed by atoms with Gasteiger partial charge in [0, 0.05) is 48.4 Å². The molecule has 5 aromatic rings. The number of nitrogens with zero attached hydrogens (tertiary/aromatic N) is 5. The lowest BCUT2D eigenvalue weighted by molar-refractivity contribution is 0.0958. The molecule has 11 heteroatoms. The molecule has 2 N–H and O–H groups in total. The van der Waals surface area contributed by atoms with Crippen LogP contribution in [0.2, 0.25) is 5.15 Å². The fourth-order valence-corrected chi connectivity index (χ4v) is 5.97. The molecule has 0 atom stereocenters. The Labute approximate surface area is 247 Å². The lowest BCUT2D eigenvalue weighted by Gasteiger charge is -2.24. The van der Waals surface area contributed by atoms with Gasteiger partial charge in [-0.15, -0.1) is 0 Å². The molecule has 1 fully saturated rings. The number of amides is 1. The molecule has 0 bridgehead atoms. The number of halogens is 1. The van der Waals surface area contributed by atoms with Gasteiger partial charge in [0.25, 0.3) is 11.5 Å². The van der Waals surface area contributed by atoms with Crippen LogP contribution in [0.15, 0.2) is 53.6 Å². The Kier molecular flexibility index (Phi) is 7.66. The predicted octanol–water partition coefficient (Wildman–Crippen LogP) is 4.21. The quantitative estimate of drug-likeness (QED) is 0.275. The molecule has 0 aliphatic carbocycles. The Hall–Kier alpha value is -4.28. The molecule has 0 spiro atoms. The number of hydrogen-bond acceptors (Lipinski definition) is 7. The van der Waals surface area contributed by atoms with Gasteiger partial charge in [-0.1, -0.05) is 23.2 Å². The second-order valence-electron chi connectivity index (χ2n) is 10.6. The van der Waals surface area contributed by atoms with Crippen LogP contribution in [0.5, 0.6) is 5.75 Å². The first-order chi connectivity index (χ1) is 20.4. The van der Waals surface area contributed by atoms with E-state index in [1.807, 2.05) is 30.9 Å². The number of carbonyl (C=O) groups is 1. The minimum Gasteiger partial charge on any atom is -0.491 e. The van der Waals surface area contributed by atoms with Gasteiger partial charge in [0.1, 0.15) is 27.9 Å². The summed E-state index contributed by atoms with van der Waals surface area (Å²) in [4.78, 5) is 34.3. The predicted molar refractivity (Wildman–Crippen MR) is 163 cm³/mol. The molecule has 1 aliphatic rings. The van der Waals surface area contributed by atoms with E-state index in [1.165, 1.54) is 0 Å². The van der Waals surface area contributed by atoms with Crippen LogP contribution in [-0.2, 0) is 13.5 Å². The van der Waals surface area contributed by atoms with Gasteiger partial charge in [0.2, 0.25) is 0 Å². The topological polar surface area (TPSA) is 116 Å². The number of pyridine rings is 3. The highest BCUT2D eigenvalue weighted by atomic mass is 35.5. The van der Waals surface area contributed by atoms with Crippen molar-refractivity contribution < 1.29 is 9.53 Å². The zero-order chi connectivity index (χ0) is 29.4. The molecule has 0 saturated carbocycles. The number of fused-ring (bicyclic) bond motifs is 3. The van der Waals surface area contributed by atoms with Crippen molar-refractivity contribution in [2.24, 2.45) is 7.05 Å². The van der Waals surface area contributed by atoms with Crippen molar-refractivity contribution in [1.29, 1.82) is 0 Å². The summed E-state index contributed by atoms with van der Waals surface area (Å²) < 4.78 is 10.0. The molecular formula is C31H32ClN7O3. The lowest BCUT2D eigenvalue weighted by atomic mass is 9.98. The minimum atomic E-state index is -0.271. The third-order valence-corrected chi connectivity index (χ3v) is 8.07. The van der Waals surface area contributed by atoms with E-state index in [2.05, 4.69) is 26.7 Å². The summed E-state index contributed by atoms with van der Waals surface area (Å²) in [5.41, 5.74) is 4.37. The third-order valence-electron chi connectivity index (χ3n) is 7.86. The summed E-state index contributed by atoms with van der Waals surface area (Å²) >= 11 is 6.23. The third kappa shape index (κ3) is 5.12. The maximum Gasteiger partial charge on any atom is 0.269 e. The van der Waals surface area contributed by atoms with Crippen LogP contribution >= 0.6 is 11.6 Å². The number of hydrogen-bond donors (Lipinski definition) is 2. The van der Waals surface area contributed by atoms with Gasteiger partial charge >= 0.3 is 0 Å². The molecule has 0 radical (unpaired) electrons. The summed E-state index contributed by atoms with van der Waals surface area (Å²) in [6.45, 7) is 4.22. The molecular weight excluding hydrogens is 554 g/mol. The van der Waals surface area contributed by atoms with Crippen molar-refractivity contribution in [3.05, 3.63) is 81.1 Å². The first-order valence-electron chi connectivity index (χ1n) is 14.0. The summed E-state index contributed by atoms with van der Waals surface area (Å²) in [6, 6.07) is 11.2. The maximum atomic E-state index is 13.6. The molecule has 0 unspecified atom stereocenters. The number of aryl methyl sites for hydroxylation is 2. The molecule has 10 nitrogen and oxygen atoms in total. The van der Waals surface area contributed by atoms with Crippen molar-refractivity contribution in [3.63, 3.8) is 0 Å². The van der Waals surface area contributed by atoms with Crippen LogP contribution in [0.1, 0.15) is 40.5 Å². The fourth-order valence-electron chi connectivity index (χ4n) is 5.82. The molecule has 1 aromatic carbocycles. The second-order valence-corrected chi connectivity index (χ2v) is 11.0. The van der Waals surface area contributed by atoms with Crippen molar-refractivity contribution in [1.82, 2.24) is 34.9 Å². The van der Waals surface area contributed by atoms with Gasteiger partial charge in [-0.3, -0.25) is 19.1 Å². The van der Waals surface area contributed by atoms with E-state index in [0.717, 1.165) is 53.5 Å². The van der Waals surface area contributed by atoms with Crippen LogP contribution in [0, 0.1) is 6.92 Å². The largest absolute Gasteiger partial charge is 0.491 e. The monoisotopic (exact) mass is 585 g/mol. The van der Waals surface area contributed by atoms with Crippen LogP contribution in [-0.4, -0.2) is 57.0 Å². The van der Waals surface area contributed by atoms with E-state index in [1.54, 1.807) is 42.1 Å². The van der Waals surface area contributed by atoms with E-state index in [9.17, 15) is 9.59 Å². The fraction of sp³-hybridized carbons (Fsp3) is 0.323. The molecule has 1 amide bonds. The zero-order valence-electron chi connectivity index (χ0n) is 23.8. The first kappa shape index (κ1) is 27.9. The highest BCUT2D eigenvalue weighted by molar-refractivity contribution is 6.29. The van der Waals surface area contributed by atoms with Crippen LogP contribution in [0.3, 0.4) is 0 Å². The van der Waals surface area contributed by atoms with Crippen LogP contribution in [0.4, 0.5) is 0 Å². The van der Waals surface area contributed by atoms with E-state index in [-0.39, 0.29) is 17.5 Å². The number of ether oxygens (including phenoxy) is 1. The zero-order valence-corrected chi connectivity index (χ0v) is 24.5. The Balaban J connectivity index is 1.34. The molecule has 216 valence electrons. The Bertz CT molecular complexity index is 1860. The van der Waals surface area contributed by atoms with E-state index < -0.39 is 0 Å². The van der Waals surface area contributed by atoms with Crippen molar-refractivity contribution in [2.75, 3.05) is 26.7 Å². The molecule has 5 heterocycles. The van der Waals surface area contributed by atoms with E-state index in [0.29, 0.717) is 46.3 Å². The minimum absolute atomic E-state index is 0.0315. The van der Waals surface area contributed by atoms with E-state index >= 15 is 0 Å². The molecule has 42 heavy (non-hydrogen) atoms. The van der Waals surface area contributed by atoms with Crippen LogP contribution < -0.4 is 20.9 Å². The maximum absolute atomic E-state index is 13.6. The number of benzene rings is 1. The summed E-state index contributed by atoms with van der Waals surface area (Å²) in [7, 11) is 3.39. The Morgan fingerprint density at radius 1 is 1.14 bits per heavy atom. The second kappa shape index (κ2) is 11.5. The number of rotatable bonds is 7. The number of carbonyl (C=O) groups excluding carboxylic acids is 1. The summed E-state index contributed by atoms with van der Waals surface area (Å²) in [5, 5.41) is 13.6. The standard InChI is InChI=1S/C31H32ClN7O3/c1-18-14-19(10-13-42-25-6-7-26(32)37-28(25)20-4-5-24(35-16-20)29(40)33-2)27-22(15-18)31(41)38(3)30-23(27)17-36-39(30)21-8-11-34-12-9-21/h4-7,14-17,21,34H,8-13H2,1-3H3,(H,33,40). The highest BCUT2D eigenvalue weighted by Gasteiger charge is 2.22. The smallest absolute Gasteiger partial charge is 0.269 e. The van der Waals surface area contributed by atoms with E-state index in [4.69, 9.17) is 21.4 Å². The van der Waals surface area contributed by atoms with Gasteiger partial charge in [-0.05, 0) is 68.8 Å². The number of aromatic nitrogens is 5. The Morgan fingerprint density at radius 2 is 1.95 bits per heavy atom. The lowest BCUT2D eigenvalue weighted by Crippen LogP contribution is -2.31. The van der Waals surface area contributed by atoms with Crippen LogP contribution in [0.25, 0.3) is 33.1 Å². The average molecular weight is 586 g/mol. The molecule has 1 aliphatic heterocycles. The molecule has 1 saturated heterocycles. The normalized spacial score (nSPS) is 14.0. The summed E-state index contributed by atoms with van der Waals surface area (Å²) in [5.74, 6) is 0.276. The first-order valence-corrected chi connectivity index (χ1v) is 14.4. The highest BCUT2D eigenvalue weighted by Crippen LogP contribution is 2.32. The van der Waals surface area contributed by atoms with Gasteiger partial charge in [0.15, 0.2) is 0 Å². The molecule has 6 rings (SSSR count). The van der Waals surface area contributed by atoms with Crippen molar-refractivity contribution in [2.45, 2.75) is 32.2 Å². The van der Waals surface area contributed by atoms with Gasteiger partial charge in [-0.25, -0.2) is 9.67 Å². The van der Waals surface area contributed by atoms with Crippen molar-refractivity contribution in [3.8, 4) is 17.0 Å². The van der Waals surface area contributed by atoms with Gasteiger partial charge in [0.05, 0.1) is 18.8 Å². The average Bonchev–Trinajstić information content (AvgIpc) is 3.45. The SMILES string of the molecule is CNC(=O)c1ccc(-c2nc(Cl)ccc2OCCc2cc(C)cc3c(=O)n(C)c4c(cnn4C4CCNCC4)c23)cn1. The number of nitrogens with one attached hydrogen (secondary N) is 2. The number of piperidine rings is 1. The van der Waals surface area contributed by atoms with Crippen molar-refractivity contribution >= 4 is 39.3 Å². The summed E-state index contributed by atoms with van der Waals surface area (Å²) in [6.07, 6.45) is 5.99. The van der Waals surface area contributed by atoms with Gasteiger partial charge < -0.3 is 15.4 Å². The Morgan fingerprint density at radius 3 is 2.69 bits per heavy atom. The van der Waals surface area contributed by atoms with Gasteiger partial charge in [-0.2, -0.15) is 5.10 Å². The molecule has 4 aromatic heterocycles.